The number of anilines is 1. The molecule has 6 nitrogen and oxygen atoms in total. The molecule has 3 rings (SSSR count). The van der Waals surface area contributed by atoms with E-state index in [0.717, 1.165) is 49.6 Å². The van der Waals surface area contributed by atoms with Crippen LogP contribution in [0.2, 0.25) is 0 Å². The first-order chi connectivity index (χ1) is 13.0. The van der Waals surface area contributed by atoms with Gasteiger partial charge >= 0.3 is 6.03 Å². The molecule has 1 N–H and O–H groups in total. The average Bonchev–Trinajstić information content (AvgIpc) is 2.89. The maximum atomic E-state index is 12.8. The van der Waals surface area contributed by atoms with Gasteiger partial charge in [0.2, 0.25) is 0 Å². The number of aromatic nitrogens is 2. The molecule has 6 heteroatoms. The van der Waals surface area contributed by atoms with E-state index < -0.39 is 0 Å². The molecule has 0 bridgehead atoms. The fourth-order valence-electron chi connectivity index (χ4n) is 3.27. The van der Waals surface area contributed by atoms with Crippen molar-refractivity contribution in [3.05, 3.63) is 47.5 Å². The molecular formula is C21H31N5O. The predicted octanol–water partition coefficient (Wildman–Crippen LogP) is 3.72. The van der Waals surface area contributed by atoms with E-state index in [-0.39, 0.29) is 6.03 Å². The van der Waals surface area contributed by atoms with E-state index in [2.05, 4.69) is 59.7 Å². The number of carbonyl (C=O) groups excluding carboxylic acids is 1. The van der Waals surface area contributed by atoms with Gasteiger partial charge in [-0.3, -0.25) is 4.90 Å². The van der Waals surface area contributed by atoms with Crippen molar-refractivity contribution in [2.24, 2.45) is 0 Å². The van der Waals surface area contributed by atoms with E-state index in [4.69, 9.17) is 0 Å². The molecule has 2 aromatic rings. The molecule has 2 amide bonds. The number of urea groups is 1. The van der Waals surface area contributed by atoms with Gasteiger partial charge in [0.15, 0.2) is 0 Å². The van der Waals surface area contributed by atoms with Crippen LogP contribution >= 0.6 is 0 Å². The summed E-state index contributed by atoms with van der Waals surface area (Å²) in [6.07, 6.45) is 3.85. The molecule has 0 spiro atoms. The molecule has 0 atom stereocenters. The van der Waals surface area contributed by atoms with E-state index in [9.17, 15) is 4.79 Å². The van der Waals surface area contributed by atoms with Crippen LogP contribution in [0.1, 0.15) is 44.1 Å². The minimum Gasteiger partial charge on any atom is -0.333 e. The highest BCUT2D eigenvalue weighted by Crippen LogP contribution is 2.19. The van der Waals surface area contributed by atoms with Gasteiger partial charge in [-0.15, -0.1) is 0 Å². The third kappa shape index (κ3) is 4.69. The molecule has 27 heavy (non-hydrogen) atoms. The maximum Gasteiger partial charge on any atom is 0.322 e. The largest absolute Gasteiger partial charge is 0.333 e. The van der Waals surface area contributed by atoms with Crippen molar-refractivity contribution < 1.29 is 4.79 Å². The van der Waals surface area contributed by atoms with Crippen LogP contribution in [0.3, 0.4) is 0 Å². The van der Waals surface area contributed by atoms with Gasteiger partial charge in [0.1, 0.15) is 0 Å². The number of amides is 2. The van der Waals surface area contributed by atoms with Crippen molar-refractivity contribution in [2.75, 3.05) is 18.9 Å². The van der Waals surface area contributed by atoms with E-state index in [1.807, 2.05) is 23.4 Å². The Morgan fingerprint density at radius 1 is 1.26 bits per heavy atom. The summed E-state index contributed by atoms with van der Waals surface area (Å²) in [5.41, 5.74) is 4.33. The first-order valence-corrected chi connectivity index (χ1v) is 9.86. The lowest BCUT2D eigenvalue weighted by Gasteiger charge is -2.23. The van der Waals surface area contributed by atoms with Gasteiger partial charge < -0.3 is 14.8 Å². The second-order valence-corrected chi connectivity index (χ2v) is 7.60. The number of nitrogens with zero attached hydrogens (tertiary/aromatic N) is 4. The van der Waals surface area contributed by atoms with Crippen LogP contribution in [0, 0.1) is 0 Å². The van der Waals surface area contributed by atoms with Gasteiger partial charge in [-0.2, -0.15) is 0 Å². The first-order valence-electron chi connectivity index (χ1n) is 9.86. The molecule has 0 saturated heterocycles. The standard InChI is InChI=1S/C21H31N5O/c1-5-17-7-9-18(10-8-17)23-21(27)25-11-6-12-26-15-22-19(20(26)14-25)13-24(4)16(2)3/h7-10,15-16H,5-6,11-14H2,1-4H3,(H,23,27). The van der Waals surface area contributed by atoms with E-state index in [1.54, 1.807) is 0 Å². The van der Waals surface area contributed by atoms with E-state index in [0.29, 0.717) is 12.6 Å². The summed E-state index contributed by atoms with van der Waals surface area (Å²) < 4.78 is 2.20. The van der Waals surface area contributed by atoms with Crippen molar-refractivity contribution in [1.29, 1.82) is 0 Å². The SMILES string of the molecule is CCc1ccc(NC(=O)N2CCCn3cnc(CN(C)C(C)C)c3C2)cc1. The zero-order valence-electron chi connectivity index (χ0n) is 16.9. The van der Waals surface area contributed by atoms with Gasteiger partial charge in [-0.1, -0.05) is 19.1 Å². The quantitative estimate of drug-likeness (QED) is 0.874. The molecule has 0 saturated carbocycles. The molecular weight excluding hydrogens is 338 g/mol. The van der Waals surface area contributed by atoms with E-state index in [1.165, 1.54) is 5.56 Å². The van der Waals surface area contributed by atoms with Crippen LogP contribution in [0.15, 0.2) is 30.6 Å². The van der Waals surface area contributed by atoms with Crippen LogP contribution in [-0.4, -0.2) is 45.0 Å². The third-order valence-corrected chi connectivity index (χ3v) is 5.38. The number of imidazole rings is 1. The van der Waals surface area contributed by atoms with Gasteiger partial charge in [0, 0.05) is 31.4 Å². The molecule has 1 aliphatic heterocycles. The second-order valence-electron chi connectivity index (χ2n) is 7.60. The van der Waals surface area contributed by atoms with Crippen molar-refractivity contribution in [1.82, 2.24) is 19.4 Å². The van der Waals surface area contributed by atoms with Gasteiger partial charge in [-0.25, -0.2) is 9.78 Å². The highest BCUT2D eigenvalue weighted by molar-refractivity contribution is 5.89. The smallest absolute Gasteiger partial charge is 0.322 e. The highest BCUT2D eigenvalue weighted by atomic mass is 16.2. The van der Waals surface area contributed by atoms with Crippen molar-refractivity contribution in [2.45, 2.75) is 59.3 Å². The van der Waals surface area contributed by atoms with Crippen molar-refractivity contribution in [3.8, 4) is 0 Å². The number of aryl methyl sites for hydroxylation is 2. The Hall–Kier alpha value is -2.34. The lowest BCUT2D eigenvalue weighted by atomic mass is 10.1. The molecule has 0 radical (unpaired) electrons. The molecule has 1 aromatic carbocycles. The van der Waals surface area contributed by atoms with Gasteiger partial charge in [0.25, 0.3) is 0 Å². The molecule has 1 aliphatic rings. The molecule has 0 fully saturated rings. The molecule has 1 aromatic heterocycles. The molecule has 146 valence electrons. The Labute approximate surface area is 162 Å². The lowest BCUT2D eigenvalue weighted by Crippen LogP contribution is -2.35. The number of fused-ring (bicyclic) bond motifs is 1. The summed E-state index contributed by atoms with van der Waals surface area (Å²) in [6.45, 7) is 9.54. The van der Waals surface area contributed by atoms with Gasteiger partial charge in [0.05, 0.1) is 24.3 Å². The fourth-order valence-corrected chi connectivity index (χ4v) is 3.27. The first kappa shape index (κ1) is 19.4. The van der Waals surface area contributed by atoms with Crippen LogP contribution in [0.25, 0.3) is 0 Å². The summed E-state index contributed by atoms with van der Waals surface area (Å²) in [4.78, 5) is 21.6. The van der Waals surface area contributed by atoms with Gasteiger partial charge in [-0.05, 0) is 51.4 Å². The maximum absolute atomic E-state index is 12.8. The molecule has 0 unspecified atom stereocenters. The number of rotatable bonds is 5. The minimum atomic E-state index is -0.0444. The van der Waals surface area contributed by atoms with Crippen molar-refractivity contribution in [3.63, 3.8) is 0 Å². The monoisotopic (exact) mass is 369 g/mol. The zero-order valence-corrected chi connectivity index (χ0v) is 16.9. The highest BCUT2D eigenvalue weighted by Gasteiger charge is 2.23. The number of benzene rings is 1. The van der Waals surface area contributed by atoms with Crippen LogP contribution in [-0.2, 0) is 26.1 Å². The fraction of sp³-hybridized carbons (Fsp3) is 0.524. The summed E-state index contributed by atoms with van der Waals surface area (Å²) >= 11 is 0. The Morgan fingerprint density at radius 2 is 2.00 bits per heavy atom. The minimum absolute atomic E-state index is 0.0444. The van der Waals surface area contributed by atoms with Crippen LogP contribution in [0.5, 0.6) is 0 Å². The van der Waals surface area contributed by atoms with Crippen LogP contribution in [0.4, 0.5) is 10.5 Å². The normalized spacial score (nSPS) is 14.4. The molecule has 0 aliphatic carbocycles. The second kappa shape index (κ2) is 8.57. The summed E-state index contributed by atoms with van der Waals surface area (Å²) in [5, 5.41) is 3.04. The third-order valence-electron chi connectivity index (χ3n) is 5.38. The number of carbonyl (C=O) groups is 1. The summed E-state index contributed by atoms with van der Waals surface area (Å²) in [7, 11) is 2.11. The summed E-state index contributed by atoms with van der Waals surface area (Å²) in [5.74, 6) is 0. The Balaban J connectivity index is 1.71. The Kier molecular flexibility index (Phi) is 6.16. The Bertz CT molecular complexity index is 765. The van der Waals surface area contributed by atoms with Crippen LogP contribution < -0.4 is 5.32 Å². The number of hydrogen-bond acceptors (Lipinski definition) is 3. The molecule has 2 heterocycles. The van der Waals surface area contributed by atoms with Crippen molar-refractivity contribution >= 4 is 11.7 Å². The Morgan fingerprint density at radius 3 is 2.67 bits per heavy atom. The number of hydrogen-bond donors (Lipinski definition) is 1. The predicted molar refractivity (Wildman–Crippen MR) is 109 cm³/mol. The van der Waals surface area contributed by atoms with E-state index >= 15 is 0 Å². The lowest BCUT2D eigenvalue weighted by molar-refractivity contribution is 0.209. The zero-order chi connectivity index (χ0) is 19.4. The average molecular weight is 370 g/mol. The number of nitrogens with one attached hydrogen (secondary N) is 1. The summed E-state index contributed by atoms with van der Waals surface area (Å²) in [6, 6.07) is 8.49. The topological polar surface area (TPSA) is 53.4 Å².